The van der Waals surface area contributed by atoms with Gasteiger partial charge >= 0.3 is 7.82 Å². The monoisotopic (exact) mass is 786 g/mol. The van der Waals surface area contributed by atoms with Gasteiger partial charge in [-0.3, -0.25) is 19.4 Å². The van der Waals surface area contributed by atoms with Gasteiger partial charge in [-0.1, -0.05) is 80.6 Å². The summed E-state index contributed by atoms with van der Waals surface area (Å²) in [5.74, 6) is 0.00498. The second-order valence-corrected chi connectivity index (χ2v) is 15.5. The quantitative estimate of drug-likeness (QED) is 0.0419. The Balaban J connectivity index is 1.14. The van der Waals surface area contributed by atoms with Crippen LogP contribution < -0.4 is 19.2 Å². The molecule has 0 spiro atoms. The summed E-state index contributed by atoms with van der Waals surface area (Å²) >= 11 is 12.8. The third kappa shape index (κ3) is 7.13. The molecular formula is C41H37Cl2N2O8P. The molecule has 2 amide bonds. The molecule has 3 N–H and O–H groups in total. The average Bonchev–Trinajstić information content (AvgIpc) is 3.74. The second-order valence-electron chi connectivity index (χ2n) is 13.7. The third-order valence-electron chi connectivity index (χ3n) is 10.0. The van der Waals surface area contributed by atoms with E-state index in [4.69, 9.17) is 32.6 Å². The standard InChI is InChI=1S/C41H37Cl2N2O8P/c1-24(2)33-17-25(12-15-38(46)44-22-27(20-42)40-31-9-5-3-7-29(31)36(52-48)18-34(40)44)11-13-26(33)14-16-39(47)45-23-28(21-43)41-32-10-6-4-8-30(32)37(19-35(41)45)53-54(49,50)51/h3-19,24,27-28,48H,20-23H2,1-2H3,(H2,49,50,51)/b15-12+,16-14+/t27-,28-/m1/s1. The average molecular weight is 788 g/mol. The molecule has 0 saturated heterocycles. The molecule has 7 rings (SSSR count). The molecule has 2 atom stereocenters. The molecular weight excluding hydrogens is 750 g/mol. The van der Waals surface area contributed by atoms with Crippen LogP contribution in [0.1, 0.15) is 59.4 Å². The predicted molar refractivity (Wildman–Crippen MR) is 214 cm³/mol. The van der Waals surface area contributed by atoms with Crippen LogP contribution in [0.3, 0.4) is 0 Å². The fraction of sp³-hybridized carbons (Fsp3) is 0.220. The number of rotatable bonds is 10. The van der Waals surface area contributed by atoms with E-state index in [0.717, 1.165) is 38.6 Å². The minimum atomic E-state index is -4.89. The van der Waals surface area contributed by atoms with Crippen molar-refractivity contribution < 1.29 is 38.6 Å². The fourth-order valence-electron chi connectivity index (χ4n) is 7.63. The molecule has 2 aliphatic heterocycles. The van der Waals surface area contributed by atoms with Gasteiger partial charge in [0.25, 0.3) is 11.8 Å². The summed E-state index contributed by atoms with van der Waals surface area (Å²) in [7, 11) is -4.89. The van der Waals surface area contributed by atoms with Crippen LogP contribution in [0.2, 0.25) is 0 Å². The first-order valence-electron chi connectivity index (χ1n) is 17.3. The van der Waals surface area contributed by atoms with Crippen LogP contribution in [0.25, 0.3) is 33.7 Å². The fourth-order valence-corrected chi connectivity index (χ4v) is 8.54. The van der Waals surface area contributed by atoms with Crippen molar-refractivity contribution in [2.45, 2.75) is 31.6 Å². The van der Waals surface area contributed by atoms with E-state index in [9.17, 15) is 29.2 Å². The molecule has 0 saturated carbocycles. The normalized spacial score (nSPS) is 17.0. The van der Waals surface area contributed by atoms with Gasteiger partial charge in [0.05, 0.1) is 11.4 Å². The SMILES string of the molecule is CC(C)c1cc(/C=C/C(=O)N2C[C@@H](CCl)c3c2cc(OO)c2ccccc32)ccc1/C=C/C(=O)N1C[C@@H](CCl)c2c1cc(OP(=O)(O)O)c1ccccc21. The lowest BCUT2D eigenvalue weighted by Gasteiger charge is -2.18. The molecule has 0 bridgehead atoms. The zero-order valence-corrected chi connectivity index (χ0v) is 31.8. The molecule has 5 aromatic rings. The van der Waals surface area contributed by atoms with E-state index < -0.39 is 7.82 Å². The molecule has 0 aromatic heterocycles. The molecule has 0 aliphatic carbocycles. The first-order chi connectivity index (χ1) is 25.9. The van der Waals surface area contributed by atoms with Gasteiger partial charge in [0.1, 0.15) is 5.75 Å². The molecule has 2 heterocycles. The summed E-state index contributed by atoms with van der Waals surface area (Å²) in [6, 6.07) is 23.6. The van der Waals surface area contributed by atoms with Crippen LogP contribution >= 0.6 is 31.0 Å². The number of nitrogens with zero attached hydrogens (tertiary/aromatic N) is 2. The highest BCUT2D eigenvalue weighted by atomic mass is 35.5. The van der Waals surface area contributed by atoms with Crippen LogP contribution in [0, 0.1) is 0 Å². The van der Waals surface area contributed by atoms with Gasteiger partial charge in [-0.05, 0) is 56.7 Å². The number of hydrogen-bond donors (Lipinski definition) is 3. The van der Waals surface area contributed by atoms with Gasteiger partial charge in [0, 0.05) is 71.7 Å². The minimum absolute atomic E-state index is 0.0240. The van der Waals surface area contributed by atoms with Crippen molar-refractivity contribution in [1.82, 2.24) is 0 Å². The lowest BCUT2D eigenvalue weighted by atomic mass is 9.94. The maximum atomic E-state index is 13.8. The number of carbonyl (C=O) groups excluding carboxylic acids is 2. The molecule has 13 heteroatoms. The van der Waals surface area contributed by atoms with Gasteiger partial charge in [0.15, 0.2) is 5.75 Å². The molecule has 278 valence electrons. The Morgan fingerprint density at radius 3 is 1.78 bits per heavy atom. The number of anilines is 2. The zero-order valence-electron chi connectivity index (χ0n) is 29.4. The Morgan fingerprint density at radius 1 is 0.778 bits per heavy atom. The van der Waals surface area contributed by atoms with Crippen LogP contribution in [0.4, 0.5) is 11.4 Å². The lowest BCUT2D eigenvalue weighted by molar-refractivity contribution is -0.136. The van der Waals surface area contributed by atoms with Crippen LogP contribution in [-0.2, 0) is 14.2 Å². The van der Waals surface area contributed by atoms with Crippen molar-refractivity contribution >= 4 is 87.9 Å². The van der Waals surface area contributed by atoms with Gasteiger partial charge in [-0.25, -0.2) is 9.82 Å². The summed E-state index contributed by atoms with van der Waals surface area (Å²) < 4.78 is 16.9. The van der Waals surface area contributed by atoms with Crippen molar-refractivity contribution in [3.05, 3.63) is 119 Å². The third-order valence-corrected chi connectivity index (χ3v) is 11.2. The number of phosphoric ester groups is 1. The number of halogens is 2. The predicted octanol–water partition coefficient (Wildman–Crippen LogP) is 9.20. The van der Waals surface area contributed by atoms with E-state index in [1.807, 2.05) is 68.4 Å². The molecule has 10 nitrogen and oxygen atoms in total. The van der Waals surface area contributed by atoms with Gasteiger partial charge in [-0.15, -0.1) is 23.2 Å². The van der Waals surface area contributed by atoms with E-state index in [-0.39, 0.29) is 53.5 Å². The van der Waals surface area contributed by atoms with Crippen molar-refractivity contribution in [3.63, 3.8) is 0 Å². The lowest BCUT2D eigenvalue weighted by Crippen LogP contribution is -2.28. The highest BCUT2D eigenvalue weighted by Crippen LogP contribution is 2.49. The van der Waals surface area contributed by atoms with Gasteiger partial charge in [-0.2, -0.15) is 0 Å². The Labute approximate surface area is 322 Å². The molecule has 2 aliphatic rings. The number of benzene rings is 5. The topological polar surface area (TPSA) is 137 Å². The molecule has 0 unspecified atom stereocenters. The second kappa shape index (κ2) is 15.2. The number of fused-ring (bicyclic) bond motifs is 6. The van der Waals surface area contributed by atoms with Crippen molar-refractivity contribution in [3.8, 4) is 11.5 Å². The Hall–Kier alpha value is -4.67. The Kier molecular flexibility index (Phi) is 10.6. The summed E-state index contributed by atoms with van der Waals surface area (Å²) in [5, 5.41) is 12.4. The first-order valence-corrected chi connectivity index (χ1v) is 19.9. The van der Waals surface area contributed by atoms with E-state index in [1.54, 1.807) is 40.2 Å². The number of alkyl halides is 2. The van der Waals surface area contributed by atoms with Crippen molar-refractivity contribution in [1.29, 1.82) is 0 Å². The maximum Gasteiger partial charge on any atom is 0.524 e. The maximum absolute atomic E-state index is 13.8. The summed E-state index contributed by atoms with van der Waals surface area (Å²) in [5.41, 5.74) is 5.46. The van der Waals surface area contributed by atoms with E-state index >= 15 is 0 Å². The van der Waals surface area contributed by atoms with Gasteiger partial charge < -0.3 is 19.2 Å². The summed E-state index contributed by atoms with van der Waals surface area (Å²) in [6.45, 7) is 4.76. The Morgan fingerprint density at radius 2 is 1.28 bits per heavy atom. The van der Waals surface area contributed by atoms with E-state index in [2.05, 4.69) is 0 Å². The van der Waals surface area contributed by atoms with Crippen molar-refractivity contribution in [2.24, 2.45) is 0 Å². The summed E-state index contributed by atoms with van der Waals surface area (Å²) in [4.78, 5) is 54.5. The molecule has 0 radical (unpaired) electrons. The number of carbonyl (C=O) groups is 2. The van der Waals surface area contributed by atoms with E-state index in [1.165, 1.54) is 18.2 Å². The number of hydrogen-bond acceptors (Lipinski definition) is 6. The smallest absolute Gasteiger partial charge is 0.404 e. The minimum Gasteiger partial charge on any atom is -0.404 e. The number of phosphoric acid groups is 1. The molecule has 0 fully saturated rings. The highest BCUT2D eigenvalue weighted by Gasteiger charge is 2.36. The Bertz CT molecular complexity index is 2410. The summed E-state index contributed by atoms with van der Waals surface area (Å²) in [6.07, 6.45) is 6.49. The molecule has 5 aromatic carbocycles. The van der Waals surface area contributed by atoms with Crippen molar-refractivity contribution in [2.75, 3.05) is 34.6 Å². The van der Waals surface area contributed by atoms with Gasteiger partial charge in [0.2, 0.25) is 0 Å². The molecule has 54 heavy (non-hydrogen) atoms. The van der Waals surface area contributed by atoms with Crippen LogP contribution in [-0.4, -0.2) is 51.7 Å². The largest absolute Gasteiger partial charge is 0.524 e. The number of amides is 2. The van der Waals surface area contributed by atoms with Crippen LogP contribution in [0.5, 0.6) is 11.5 Å². The van der Waals surface area contributed by atoms with E-state index in [0.29, 0.717) is 34.6 Å². The first kappa shape index (κ1) is 37.6. The zero-order chi connectivity index (χ0) is 38.3. The van der Waals surface area contributed by atoms with Crippen LogP contribution in [0.15, 0.2) is 91.0 Å². The highest BCUT2D eigenvalue weighted by molar-refractivity contribution is 7.46.